The summed E-state index contributed by atoms with van der Waals surface area (Å²) in [5.41, 5.74) is 1.04. The highest BCUT2D eigenvalue weighted by Gasteiger charge is 2.54. The number of nitrogens with zero attached hydrogens (tertiary/aromatic N) is 2. The number of carboxylic acid groups (broad SMARTS) is 2. The summed E-state index contributed by atoms with van der Waals surface area (Å²) in [4.78, 5) is 62.3. The Bertz CT molecular complexity index is 1290. The van der Waals surface area contributed by atoms with Crippen molar-refractivity contribution in [2.75, 3.05) is 11.1 Å². The van der Waals surface area contributed by atoms with E-state index in [-0.39, 0.29) is 25.0 Å². The summed E-state index contributed by atoms with van der Waals surface area (Å²) < 4.78 is 1.83. The number of carbonyl (C=O) groups excluding carboxylic acids is 3. The lowest BCUT2D eigenvalue weighted by atomic mass is 10.0. The van der Waals surface area contributed by atoms with Crippen LogP contribution in [-0.2, 0) is 25.7 Å². The molecule has 1 fully saturated rings. The summed E-state index contributed by atoms with van der Waals surface area (Å²) in [5.74, 6) is -3.01. The van der Waals surface area contributed by atoms with E-state index < -0.39 is 47.2 Å². The first-order chi connectivity index (χ1) is 18.7. The molecule has 3 atom stereocenters. The molecule has 0 spiro atoms. The Hall–Kier alpha value is -4.39. The molecule has 0 aliphatic carbocycles. The lowest BCUT2D eigenvalue weighted by molar-refractivity contribution is -0.689. The SMILES string of the molecule is O=C(CCCC(NC(=O)Nc1ccccc1)C(=O)O)NC1C(=O)N2C(C(=O)O)=C(C[n+]3ccccc3)CS[C@@H]12. The third kappa shape index (κ3) is 6.74. The molecule has 4 amide bonds. The fourth-order valence-corrected chi connectivity index (χ4v) is 5.72. The Kier molecular flexibility index (Phi) is 8.81. The second kappa shape index (κ2) is 12.4. The number of amides is 4. The maximum Gasteiger partial charge on any atom is 0.352 e. The van der Waals surface area contributed by atoms with E-state index in [4.69, 9.17) is 0 Å². The highest BCUT2D eigenvalue weighted by Crippen LogP contribution is 2.40. The average Bonchev–Trinajstić information content (AvgIpc) is 2.91. The number of thioether (sulfide) groups is 1. The monoisotopic (exact) mass is 554 g/mol. The largest absolute Gasteiger partial charge is 0.480 e. The number of fused-ring (bicyclic) bond motifs is 1. The molecule has 5 N–H and O–H groups in total. The van der Waals surface area contributed by atoms with Crippen molar-refractivity contribution in [3.63, 3.8) is 0 Å². The number of aromatic nitrogens is 1. The molecule has 1 aromatic carbocycles. The molecule has 2 aliphatic rings. The number of β-lactam (4-membered cyclic amide) rings is 1. The molecular weight excluding hydrogens is 526 g/mol. The molecule has 39 heavy (non-hydrogen) atoms. The third-order valence-corrected chi connectivity index (χ3v) is 7.59. The first kappa shape index (κ1) is 27.6. The minimum atomic E-state index is -1.24. The summed E-state index contributed by atoms with van der Waals surface area (Å²) >= 11 is 1.38. The standard InChI is InChI=1S/C26H27N5O7S/c32-19(11-7-10-18(24(34)35)28-26(38)27-17-8-3-1-4-9-17)29-20-22(33)31-21(25(36)37)16(15-39-23(20)31)14-30-12-5-2-6-13-30/h1-6,8-9,12-13,18,20,23H,7,10-11,14-15H2,(H4-,27,28,29,32,34,35,36,37,38)/p+1/t18?,20?,23-/m0/s1. The number of anilines is 1. The molecule has 2 unspecified atom stereocenters. The zero-order valence-corrected chi connectivity index (χ0v) is 21.6. The van der Waals surface area contributed by atoms with Gasteiger partial charge in [-0.05, 0) is 25.0 Å². The van der Waals surface area contributed by atoms with Gasteiger partial charge >= 0.3 is 18.0 Å². The minimum absolute atomic E-state index is 0.000290. The fourth-order valence-electron chi connectivity index (χ4n) is 4.38. The fraction of sp³-hybridized carbons (Fsp3) is 0.308. The van der Waals surface area contributed by atoms with E-state index in [9.17, 15) is 34.2 Å². The maximum absolute atomic E-state index is 12.8. The van der Waals surface area contributed by atoms with Gasteiger partial charge in [0, 0.05) is 35.6 Å². The molecule has 2 aliphatic heterocycles. The van der Waals surface area contributed by atoms with Crippen molar-refractivity contribution in [1.82, 2.24) is 15.5 Å². The molecule has 1 aromatic heterocycles. The van der Waals surface area contributed by atoms with Crippen LogP contribution in [0.1, 0.15) is 19.3 Å². The molecule has 3 heterocycles. The molecular formula is C26H28N5O7S+. The van der Waals surface area contributed by atoms with Gasteiger partial charge in [-0.3, -0.25) is 14.5 Å². The van der Waals surface area contributed by atoms with Gasteiger partial charge in [0.2, 0.25) is 5.91 Å². The van der Waals surface area contributed by atoms with Gasteiger partial charge in [0.05, 0.1) is 0 Å². The van der Waals surface area contributed by atoms with Gasteiger partial charge in [0.15, 0.2) is 18.9 Å². The van der Waals surface area contributed by atoms with Gasteiger partial charge in [-0.15, -0.1) is 11.8 Å². The molecule has 0 bridgehead atoms. The molecule has 204 valence electrons. The Labute approximate surface area is 228 Å². The zero-order valence-electron chi connectivity index (χ0n) is 20.8. The number of carbonyl (C=O) groups is 5. The van der Waals surface area contributed by atoms with E-state index >= 15 is 0 Å². The van der Waals surface area contributed by atoms with Gasteiger partial charge in [0.25, 0.3) is 5.91 Å². The normalized spacial score (nSPS) is 18.9. The van der Waals surface area contributed by atoms with Crippen LogP contribution in [0.25, 0.3) is 0 Å². The molecule has 0 radical (unpaired) electrons. The lowest BCUT2D eigenvalue weighted by Crippen LogP contribution is -2.70. The van der Waals surface area contributed by atoms with Crippen LogP contribution in [-0.4, -0.2) is 68.1 Å². The van der Waals surface area contributed by atoms with Gasteiger partial charge in [-0.1, -0.05) is 24.3 Å². The van der Waals surface area contributed by atoms with Crippen LogP contribution >= 0.6 is 11.8 Å². The maximum atomic E-state index is 12.8. The van der Waals surface area contributed by atoms with Crippen LogP contribution in [0.5, 0.6) is 0 Å². The Morgan fingerprint density at radius 1 is 1.05 bits per heavy atom. The van der Waals surface area contributed by atoms with Crippen LogP contribution in [0.4, 0.5) is 10.5 Å². The first-order valence-corrected chi connectivity index (χ1v) is 13.3. The number of benzene rings is 1. The molecule has 12 nitrogen and oxygen atoms in total. The van der Waals surface area contributed by atoms with Crippen LogP contribution < -0.4 is 20.5 Å². The van der Waals surface area contributed by atoms with Gasteiger partial charge in [-0.25, -0.2) is 19.0 Å². The smallest absolute Gasteiger partial charge is 0.352 e. The van der Waals surface area contributed by atoms with Crippen molar-refractivity contribution >= 4 is 47.2 Å². The second-order valence-corrected chi connectivity index (χ2v) is 10.1. The number of carboxylic acids is 2. The number of aliphatic carboxylic acids is 2. The quantitative estimate of drug-likeness (QED) is 0.204. The summed E-state index contributed by atoms with van der Waals surface area (Å²) in [7, 11) is 0. The Morgan fingerprint density at radius 3 is 2.41 bits per heavy atom. The molecule has 4 rings (SSSR count). The predicted octanol–water partition coefficient (Wildman–Crippen LogP) is 1.16. The number of rotatable bonds is 11. The molecule has 2 aromatic rings. The van der Waals surface area contributed by atoms with Gasteiger partial charge < -0.3 is 26.2 Å². The summed E-state index contributed by atoms with van der Waals surface area (Å²) in [5, 5.41) is 26.3. The minimum Gasteiger partial charge on any atom is -0.480 e. The first-order valence-electron chi connectivity index (χ1n) is 12.2. The number of nitrogens with one attached hydrogen (secondary N) is 3. The lowest BCUT2D eigenvalue weighted by Gasteiger charge is -2.49. The molecule has 1 saturated heterocycles. The van der Waals surface area contributed by atoms with Crippen LogP contribution in [0.3, 0.4) is 0 Å². The van der Waals surface area contributed by atoms with Crippen LogP contribution in [0.2, 0.25) is 0 Å². The number of hydrogen-bond acceptors (Lipinski definition) is 6. The number of pyridine rings is 1. The number of urea groups is 1. The van der Waals surface area contributed by atoms with E-state index in [2.05, 4.69) is 16.0 Å². The van der Waals surface area contributed by atoms with Gasteiger partial charge in [0.1, 0.15) is 23.2 Å². The third-order valence-electron chi connectivity index (χ3n) is 6.25. The highest BCUT2D eigenvalue weighted by atomic mass is 32.2. The van der Waals surface area contributed by atoms with Crippen molar-refractivity contribution in [3.8, 4) is 0 Å². The van der Waals surface area contributed by atoms with E-state index in [0.29, 0.717) is 23.6 Å². The molecule has 13 heteroatoms. The zero-order chi connectivity index (χ0) is 27.9. The van der Waals surface area contributed by atoms with E-state index in [1.165, 1.54) is 16.7 Å². The second-order valence-electron chi connectivity index (χ2n) is 9.01. The number of para-hydroxylation sites is 1. The predicted molar refractivity (Wildman–Crippen MR) is 140 cm³/mol. The van der Waals surface area contributed by atoms with Crippen LogP contribution in [0.15, 0.2) is 72.2 Å². The van der Waals surface area contributed by atoms with Crippen molar-refractivity contribution < 1.29 is 38.8 Å². The van der Waals surface area contributed by atoms with E-state index in [1.54, 1.807) is 30.3 Å². The summed E-state index contributed by atoms with van der Waals surface area (Å²) in [6.07, 6.45) is 3.70. The highest BCUT2D eigenvalue weighted by molar-refractivity contribution is 8.00. The Balaban J connectivity index is 1.28. The van der Waals surface area contributed by atoms with Crippen molar-refractivity contribution in [2.45, 2.75) is 43.3 Å². The topological polar surface area (TPSA) is 169 Å². The van der Waals surface area contributed by atoms with Crippen molar-refractivity contribution in [3.05, 3.63) is 72.2 Å². The molecule has 0 saturated carbocycles. The number of hydrogen-bond donors (Lipinski definition) is 5. The summed E-state index contributed by atoms with van der Waals surface area (Å²) in [6, 6.07) is 11.3. The van der Waals surface area contributed by atoms with E-state index in [1.807, 2.05) is 35.2 Å². The van der Waals surface area contributed by atoms with Crippen LogP contribution in [0, 0.1) is 0 Å². The summed E-state index contributed by atoms with van der Waals surface area (Å²) in [6.45, 7) is 0.325. The average molecular weight is 555 g/mol. The van der Waals surface area contributed by atoms with E-state index in [0.717, 1.165) is 0 Å². The van der Waals surface area contributed by atoms with Crippen molar-refractivity contribution in [1.29, 1.82) is 0 Å². The van der Waals surface area contributed by atoms with Gasteiger partial charge in [-0.2, -0.15) is 0 Å². The van der Waals surface area contributed by atoms with Crippen molar-refractivity contribution in [2.24, 2.45) is 0 Å². The Morgan fingerprint density at radius 2 is 1.74 bits per heavy atom.